The second kappa shape index (κ2) is 4.54. The third kappa shape index (κ3) is 4.60. The molecule has 0 saturated heterocycles. The highest BCUT2D eigenvalue weighted by atomic mass is 127. The first-order chi connectivity index (χ1) is 4.62. The molecule has 0 bridgehead atoms. The molecule has 0 spiro atoms. The molecule has 0 unspecified atom stereocenters. The highest BCUT2D eigenvalue weighted by Gasteiger charge is 2.08. The average Bonchev–Trinajstić information content (AvgIpc) is 1.89. The summed E-state index contributed by atoms with van der Waals surface area (Å²) in [6.45, 7) is 3.69. The van der Waals surface area contributed by atoms with E-state index in [-0.39, 0.29) is 0 Å². The third-order valence-corrected chi connectivity index (χ3v) is 1.19. The fourth-order valence-electron chi connectivity index (χ4n) is 0.245. The summed E-state index contributed by atoms with van der Waals surface area (Å²) in [5.74, 6) is 0. The molecular weight excluding hydrogens is 241 g/mol. The first-order valence-corrected chi connectivity index (χ1v) is 4.04. The summed E-state index contributed by atoms with van der Waals surface area (Å²) in [4.78, 5) is 7.77. The van der Waals surface area contributed by atoms with Gasteiger partial charge in [0.2, 0.25) is 0 Å². The van der Waals surface area contributed by atoms with Gasteiger partial charge in [0.25, 0.3) is 0 Å². The van der Waals surface area contributed by atoms with E-state index in [1.807, 2.05) is 36.4 Å². The van der Waals surface area contributed by atoms with Crippen LogP contribution in [0.3, 0.4) is 0 Å². The largest absolute Gasteiger partial charge is 0.311 e. The summed E-state index contributed by atoms with van der Waals surface area (Å²) < 4.78 is 1.63. The highest BCUT2D eigenvalue weighted by Crippen LogP contribution is 2.02. The Hall–Kier alpha value is -0.260. The summed E-state index contributed by atoms with van der Waals surface area (Å²) in [6.07, 6.45) is 2.74. The van der Waals surface area contributed by atoms with Crippen LogP contribution in [0.5, 0.6) is 0 Å². The Kier molecular flexibility index (Phi) is 4.42. The molecule has 4 heteroatoms. The van der Waals surface area contributed by atoms with E-state index < -0.39 is 5.54 Å². The van der Waals surface area contributed by atoms with Crippen LogP contribution >= 0.6 is 22.6 Å². The van der Waals surface area contributed by atoms with Crippen molar-refractivity contribution in [2.45, 2.75) is 19.4 Å². The average molecular weight is 251 g/mol. The Morgan fingerprint density at radius 3 is 2.50 bits per heavy atom. The fourth-order valence-corrected chi connectivity index (χ4v) is 0.388. The van der Waals surface area contributed by atoms with Crippen LogP contribution in [-0.2, 0) is 0 Å². The fraction of sp³-hybridized carbons (Fsp3) is 0.500. The van der Waals surface area contributed by atoms with Crippen molar-refractivity contribution < 1.29 is 0 Å². The van der Waals surface area contributed by atoms with E-state index in [0.717, 1.165) is 0 Å². The van der Waals surface area contributed by atoms with Crippen LogP contribution in [0, 0.1) is 5.41 Å². The van der Waals surface area contributed by atoms with Crippen LogP contribution in [0.1, 0.15) is 13.8 Å². The Morgan fingerprint density at radius 1 is 1.50 bits per heavy atom. The van der Waals surface area contributed by atoms with Gasteiger partial charge in [-0.2, -0.15) is 0 Å². The lowest BCUT2D eigenvalue weighted by Crippen LogP contribution is -2.17. The number of nitrogens with zero attached hydrogens (tertiary/aromatic N) is 2. The van der Waals surface area contributed by atoms with Crippen LogP contribution in [0.4, 0.5) is 0 Å². The van der Waals surface area contributed by atoms with Gasteiger partial charge in [0.1, 0.15) is 6.34 Å². The van der Waals surface area contributed by atoms with Gasteiger partial charge in [-0.1, -0.05) is 0 Å². The molecule has 0 aliphatic rings. The van der Waals surface area contributed by atoms with Crippen molar-refractivity contribution in [1.82, 2.24) is 0 Å². The first-order valence-electron chi connectivity index (χ1n) is 2.79. The summed E-state index contributed by atoms with van der Waals surface area (Å²) in [7, 11) is 0. The molecule has 0 radical (unpaired) electrons. The minimum atomic E-state index is -0.414. The molecule has 0 amide bonds. The van der Waals surface area contributed by atoms with Gasteiger partial charge in [0.05, 0.1) is 9.76 Å². The van der Waals surface area contributed by atoms with Gasteiger partial charge < -0.3 is 5.41 Å². The molecule has 0 heterocycles. The Morgan fingerprint density at radius 2 is 2.10 bits per heavy atom. The maximum Gasteiger partial charge on any atom is 0.111 e. The lowest BCUT2D eigenvalue weighted by atomic mass is 10.1. The van der Waals surface area contributed by atoms with E-state index in [1.54, 1.807) is 4.22 Å². The zero-order valence-electron chi connectivity index (χ0n) is 6.00. The van der Waals surface area contributed by atoms with E-state index in [4.69, 9.17) is 5.41 Å². The molecule has 0 aromatic heterocycles. The van der Waals surface area contributed by atoms with Crippen molar-refractivity contribution in [2.24, 2.45) is 9.98 Å². The predicted molar refractivity (Wildman–Crippen MR) is 53.9 cm³/mol. The van der Waals surface area contributed by atoms with Crippen LogP contribution in [0.15, 0.2) is 9.98 Å². The van der Waals surface area contributed by atoms with Gasteiger partial charge >= 0.3 is 0 Å². The minimum Gasteiger partial charge on any atom is -0.311 e. The molecule has 0 aliphatic heterocycles. The Balaban J connectivity index is 3.98. The molecule has 0 fully saturated rings. The summed E-state index contributed by atoms with van der Waals surface area (Å²) >= 11 is 2.01. The Labute approximate surface area is 74.3 Å². The predicted octanol–water partition coefficient (Wildman–Crippen LogP) is 1.91. The second-order valence-corrected chi connectivity index (χ2v) is 2.85. The van der Waals surface area contributed by atoms with Crippen LogP contribution in [-0.4, -0.2) is 22.3 Å². The molecule has 3 nitrogen and oxygen atoms in total. The van der Waals surface area contributed by atoms with Gasteiger partial charge in [-0.3, -0.25) is 4.99 Å². The van der Waals surface area contributed by atoms with Crippen LogP contribution in [0.25, 0.3) is 0 Å². The summed E-state index contributed by atoms with van der Waals surface area (Å²) in [6, 6.07) is 0. The van der Waals surface area contributed by atoms with E-state index >= 15 is 0 Å². The lowest BCUT2D eigenvalue weighted by Gasteiger charge is -2.09. The summed E-state index contributed by atoms with van der Waals surface area (Å²) in [5, 5.41) is 6.95. The van der Waals surface area contributed by atoms with Crippen molar-refractivity contribution in [3.05, 3.63) is 0 Å². The van der Waals surface area contributed by atoms with Crippen molar-refractivity contribution >= 4 is 39.4 Å². The number of hydrogen-bond acceptors (Lipinski definition) is 2. The summed E-state index contributed by atoms with van der Waals surface area (Å²) in [5.41, 5.74) is -0.414. The molecule has 0 aliphatic carbocycles. The standard InChI is InChI=1S/C6H10IN3/c1-6(2,3-8)10-5-9-4-7/h3-5,8H,1-2H3. The van der Waals surface area contributed by atoms with E-state index in [9.17, 15) is 0 Å². The van der Waals surface area contributed by atoms with Crippen molar-refractivity contribution in [3.63, 3.8) is 0 Å². The minimum absolute atomic E-state index is 0.414. The van der Waals surface area contributed by atoms with Crippen molar-refractivity contribution in [3.8, 4) is 0 Å². The van der Waals surface area contributed by atoms with Crippen LogP contribution < -0.4 is 0 Å². The second-order valence-electron chi connectivity index (χ2n) is 2.29. The molecule has 56 valence electrons. The molecule has 0 rings (SSSR count). The van der Waals surface area contributed by atoms with Crippen molar-refractivity contribution in [1.29, 1.82) is 5.41 Å². The zero-order valence-corrected chi connectivity index (χ0v) is 8.16. The monoisotopic (exact) mass is 251 g/mol. The molecule has 1 N–H and O–H groups in total. The maximum atomic E-state index is 6.95. The van der Waals surface area contributed by atoms with E-state index in [0.29, 0.717) is 0 Å². The normalized spacial score (nSPS) is 13.1. The van der Waals surface area contributed by atoms with E-state index in [2.05, 4.69) is 9.98 Å². The van der Waals surface area contributed by atoms with Gasteiger partial charge in [0.15, 0.2) is 0 Å². The SMILES string of the molecule is CC(C)(C=N)N=CN=CI. The molecule has 0 aromatic rings. The number of rotatable bonds is 3. The topological polar surface area (TPSA) is 48.6 Å². The van der Waals surface area contributed by atoms with Gasteiger partial charge in [-0.15, -0.1) is 0 Å². The molecular formula is C6H10IN3. The number of hydrogen-bond donors (Lipinski definition) is 1. The molecule has 0 aromatic carbocycles. The first kappa shape index (κ1) is 9.74. The van der Waals surface area contributed by atoms with Gasteiger partial charge in [-0.05, 0) is 36.4 Å². The lowest BCUT2D eigenvalue weighted by molar-refractivity contribution is 0.717. The maximum absolute atomic E-state index is 6.95. The molecule has 10 heavy (non-hydrogen) atoms. The number of halogens is 1. The zero-order chi connectivity index (χ0) is 8.04. The highest BCUT2D eigenvalue weighted by molar-refractivity contribution is 14.1. The van der Waals surface area contributed by atoms with Gasteiger partial charge in [0, 0.05) is 6.21 Å². The Bertz CT molecular complexity index is 160. The molecule has 0 atom stereocenters. The smallest absolute Gasteiger partial charge is 0.111 e. The van der Waals surface area contributed by atoms with Gasteiger partial charge in [-0.25, -0.2) is 4.99 Å². The van der Waals surface area contributed by atoms with Crippen LogP contribution in [0.2, 0.25) is 0 Å². The quantitative estimate of drug-likeness (QED) is 0.452. The van der Waals surface area contributed by atoms with Crippen molar-refractivity contribution in [2.75, 3.05) is 0 Å². The van der Waals surface area contributed by atoms with E-state index in [1.165, 1.54) is 12.6 Å². The molecule has 0 saturated carbocycles. The third-order valence-electron chi connectivity index (χ3n) is 0.867. The number of nitrogens with one attached hydrogen (secondary N) is 1. The number of aliphatic imine (C=N–C) groups is 2.